The molecule has 2 fully saturated rings. The lowest BCUT2D eigenvalue weighted by atomic mass is 9.99. The summed E-state index contributed by atoms with van der Waals surface area (Å²) < 4.78 is 0. The number of likely N-dealkylation sites (tertiary alicyclic amines) is 1. The highest BCUT2D eigenvalue weighted by molar-refractivity contribution is 5.93. The zero-order chi connectivity index (χ0) is 18.0. The van der Waals surface area contributed by atoms with Crippen molar-refractivity contribution in [3.63, 3.8) is 0 Å². The molecule has 0 aliphatic carbocycles. The second kappa shape index (κ2) is 7.25. The number of nitrogens with zero attached hydrogens (tertiary/aromatic N) is 2. The average Bonchev–Trinajstić information content (AvgIpc) is 2.95. The number of rotatable bonds is 4. The van der Waals surface area contributed by atoms with E-state index in [1.54, 1.807) is 9.80 Å². The highest BCUT2D eigenvalue weighted by atomic mass is 16.2. The van der Waals surface area contributed by atoms with Crippen molar-refractivity contribution in [1.82, 2.24) is 15.1 Å². The second-order valence-corrected chi connectivity index (χ2v) is 7.23. The van der Waals surface area contributed by atoms with Gasteiger partial charge in [0, 0.05) is 32.6 Å². The Morgan fingerprint density at radius 2 is 1.96 bits per heavy atom. The Kier molecular flexibility index (Phi) is 5.06. The van der Waals surface area contributed by atoms with Crippen LogP contribution in [0.3, 0.4) is 0 Å². The van der Waals surface area contributed by atoms with Crippen molar-refractivity contribution in [2.24, 2.45) is 11.8 Å². The van der Waals surface area contributed by atoms with Crippen LogP contribution >= 0.6 is 0 Å². The van der Waals surface area contributed by atoms with E-state index in [0.29, 0.717) is 32.1 Å². The van der Waals surface area contributed by atoms with Gasteiger partial charge in [-0.2, -0.15) is 0 Å². The summed E-state index contributed by atoms with van der Waals surface area (Å²) in [6.07, 6.45) is 0.241. The lowest BCUT2D eigenvalue weighted by molar-refractivity contribution is -0.146. The van der Waals surface area contributed by atoms with E-state index < -0.39 is 6.04 Å². The number of nitrogens with one attached hydrogen (secondary N) is 1. The first-order valence-electron chi connectivity index (χ1n) is 8.88. The van der Waals surface area contributed by atoms with Crippen LogP contribution in [-0.4, -0.2) is 53.7 Å². The molecule has 1 aromatic carbocycles. The van der Waals surface area contributed by atoms with Gasteiger partial charge >= 0.3 is 0 Å². The van der Waals surface area contributed by atoms with E-state index in [0.717, 1.165) is 5.56 Å². The van der Waals surface area contributed by atoms with Crippen LogP contribution in [0.4, 0.5) is 0 Å². The van der Waals surface area contributed by atoms with Crippen molar-refractivity contribution in [3.8, 4) is 0 Å². The Labute approximate surface area is 148 Å². The van der Waals surface area contributed by atoms with Crippen molar-refractivity contribution in [3.05, 3.63) is 35.9 Å². The predicted octanol–water partition coefficient (Wildman–Crippen LogP) is 1.19. The molecule has 0 radical (unpaired) electrons. The summed E-state index contributed by atoms with van der Waals surface area (Å²) in [6, 6.07) is 8.72. The number of amides is 3. The fraction of sp³-hybridized carbons (Fsp3) is 0.526. The molecule has 2 saturated heterocycles. The number of hydrogen-bond acceptors (Lipinski definition) is 3. The minimum absolute atomic E-state index is 0.0322. The number of carbonyl (C=O) groups is 3. The van der Waals surface area contributed by atoms with Gasteiger partial charge in [0.1, 0.15) is 6.04 Å². The fourth-order valence-electron chi connectivity index (χ4n) is 3.66. The molecule has 0 spiro atoms. The Morgan fingerprint density at radius 3 is 2.64 bits per heavy atom. The molecule has 1 N–H and O–H groups in total. The van der Waals surface area contributed by atoms with Crippen molar-refractivity contribution in [2.45, 2.75) is 26.3 Å². The topological polar surface area (TPSA) is 69.7 Å². The highest BCUT2D eigenvalue weighted by Gasteiger charge is 2.41. The van der Waals surface area contributed by atoms with Crippen LogP contribution < -0.4 is 5.32 Å². The largest absolute Gasteiger partial charge is 0.352 e. The van der Waals surface area contributed by atoms with Gasteiger partial charge in [-0.15, -0.1) is 0 Å². The molecule has 2 aliphatic heterocycles. The summed E-state index contributed by atoms with van der Waals surface area (Å²) in [5, 5.41) is 2.84. The molecule has 134 valence electrons. The van der Waals surface area contributed by atoms with Gasteiger partial charge in [-0.05, 0) is 11.5 Å². The van der Waals surface area contributed by atoms with E-state index in [1.807, 2.05) is 30.3 Å². The summed E-state index contributed by atoms with van der Waals surface area (Å²) in [5.74, 6) is -0.207. The minimum atomic E-state index is -0.614. The lowest BCUT2D eigenvalue weighted by Gasteiger charge is -2.36. The molecule has 6 nitrogen and oxygen atoms in total. The first-order valence-corrected chi connectivity index (χ1v) is 8.88. The molecular formula is C19H25N3O3. The van der Waals surface area contributed by atoms with Crippen LogP contribution in [0.5, 0.6) is 0 Å². The number of piperazine rings is 1. The minimum Gasteiger partial charge on any atom is -0.352 e. The van der Waals surface area contributed by atoms with Gasteiger partial charge in [0.15, 0.2) is 0 Å². The van der Waals surface area contributed by atoms with Crippen LogP contribution in [0.15, 0.2) is 30.3 Å². The monoisotopic (exact) mass is 343 g/mol. The van der Waals surface area contributed by atoms with E-state index >= 15 is 0 Å². The van der Waals surface area contributed by atoms with Crippen LogP contribution in [-0.2, 0) is 14.4 Å². The number of hydrogen-bond donors (Lipinski definition) is 1. The Hall–Kier alpha value is -2.37. The van der Waals surface area contributed by atoms with Crippen molar-refractivity contribution < 1.29 is 14.4 Å². The van der Waals surface area contributed by atoms with E-state index in [2.05, 4.69) is 19.2 Å². The Morgan fingerprint density at radius 1 is 1.24 bits per heavy atom. The maximum absolute atomic E-state index is 13.1. The zero-order valence-corrected chi connectivity index (χ0v) is 14.8. The molecule has 25 heavy (non-hydrogen) atoms. The van der Waals surface area contributed by atoms with Gasteiger partial charge < -0.3 is 15.1 Å². The van der Waals surface area contributed by atoms with Crippen molar-refractivity contribution in [1.29, 1.82) is 0 Å². The van der Waals surface area contributed by atoms with Crippen LogP contribution in [0.25, 0.3) is 0 Å². The van der Waals surface area contributed by atoms with E-state index in [-0.39, 0.29) is 30.1 Å². The van der Waals surface area contributed by atoms with Gasteiger partial charge in [-0.25, -0.2) is 0 Å². The fourth-order valence-corrected chi connectivity index (χ4v) is 3.66. The summed E-state index contributed by atoms with van der Waals surface area (Å²) in [7, 11) is 0. The third kappa shape index (κ3) is 3.67. The van der Waals surface area contributed by atoms with Gasteiger partial charge in [0.25, 0.3) is 0 Å². The molecule has 3 amide bonds. The normalized spacial score (nSPS) is 24.0. The van der Waals surface area contributed by atoms with Crippen LogP contribution in [0, 0.1) is 11.8 Å². The summed E-state index contributed by atoms with van der Waals surface area (Å²) in [5.41, 5.74) is 0.802. The smallest absolute Gasteiger partial charge is 0.247 e. The first-order chi connectivity index (χ1) is 12.0. The molecule has 0 saturated carbocycles. The SMILES string of the molecule is CC(C)CN1C[C@H](C(=O)N2CCNC(=O)[C@@H]2c2ccccc2)CC1=O. The van der Waals surface area contributed by atoms with Gasteiger partial charge in [0.05, 0.1) is 5.92 Å². The highest BCUT2D eigenvalue weighted by Crippen LogP contribution is 2.28. The number of benzene rings is 1. The second-order valence-electron chi connectivity index (χ2n) is 7.23. The molecule has 0 aromatic heterocycles. The van der Waals surface area contributed by atoms with Gasteiger partial charge in [-0.1, -0.05) is 44.2 Å². The molecular weight excluding hydrogens is 318 g/mol. The van der Waals surface area contributed by atoms with E-state index in [1.165, 1.54) is 0 Å². The standard InChI is InChI=1S/C19H25N3O3/c1-13(2)11-21-12-15(10-16(21)23)19(25)22-9-8-20-18(24)17(22)14-6-4-3-5-7-14/h3-7,13,15,17H,8-12H2,1-2H3,(H,20,24)/t15-,17+/m1/s1. The first kappa shape index (κ1) is 17.5. The van der Waals surface area contributed by atoms with Crippen LogP contribution in [0.1, 0.15) is 31.9 Å². The third-order valence-electron chi connectivity index (χ3n) is 4.76. The lowest BCUT2D eigenvalue weighted by Crippen LogP contribution is -2.53. The summed E-state index contributed by atoms with van der Waals surface area (Å²) in [4.78, 5) is 41.1. The molecule has 0 unspecified atom stereocenters. The summed E-state index contributed by atoms with van der Waals surface area (Å²) in [6.45, 7) is 6.16. The molecule has 6 heteroatoms. The van der Waals surface area contributed by atoms with Crippen molar-refractivity contribution >= 4 is 17.7 Å². The maximum Gasteiger partial charge on any atom is 0.247 e. The molecule has 3 rings (SSSR count). The molecule has 0 bridgehead atoms. The molecule has 2 aliphatic rings. The van der Waals surface area contributed by atoms with Gasteiger partial charge in [0.2, 0.25) is 17.7 Å². The Balaban J connectivity index is 1.78. The van der Waals surface area contributed by atoms with E-state index in [4.69, 9.17) is 0 Å². The molecule has 1 aromatic rings. The summed E-state index contributed by atoms with van der Waals surface area (Å²) >= 11 is 0. The zero-order valence-electron chi connectivity index (χ0n) is 14.8. The van der Waals surface area contributed by atoms with E-state index in [9.17, 15) is 14.4 Å². The molecule has 2 atom stereocenters. The Bertz CT molecular complexity index is 659. The number of carbonyl (C=O) groups excluding carboxylic acids is 3. The quantitative estimate of drug-likeness (QED) is 0.893. The van der Waals surface area contributed by atoms with Gasteiger partial charge in [-0.3, -0.25) is 14.4 Å². The maximum atomic E-state index is 13.1. The average molecular weight is 343 g/mol. The predicted molar refractivity (Wildman–Crippen MR) is 93.4 cm³/mol. The molecule has 2 heterocycles. The van der Waals surface area contributed by atoms with Crippen molar-refractivity contribution in [2.75, 3.05) is 26.2 Å². The van der Waals surface area contributed by atoms with Crippen LogP contribution in [0.2, 0.25) is 0 Å². The third-order valence-corrected chi connectivity index (χ3v) is 4.76.